The maximum Gasteiger partial charge on any atom is 0.337 e. The second-order valence-corrected chi connectivity index (χ2v) is 4.88. The van der Waals surface area contributed by atoms with E-state index in [4.69, 9.17) is 9.72 Å². The van der Waals surface area contributed by atoms with E-state index in [1.165, 1.54) is 18.5 Å². The summed E-state index contributed by atoms with van der Waals surface area (Å²) < 4.78 is 6.82. The van der Waals surface area contributed by atoms with Crippen molar-refractivity contribution >= 4 is 5.97 Å². The molecule has 3 rings (SSSR count). The van der Waals surface area contributed by atoms with E-state index in [9.17, 15) is 4.79 Å². The summed E-state index contributed by atoms with van der Waals surface area (Å²) in [5.74, 6) is 0.620. The Kier molecular flexibility index (Phi) is 3.28. The SMILES string of the molecule is COC(=O)c1ccc(-c2nc3c(n2C)CNCC3)cc1. The van der Waals surface area contributed by atoms with Gasteiger partial charge in [0.05, 0.1) is 24.1 Å². The Hall–Kier alpha value is -2.14. The molecule has 5 nitrogen and oxygen atoms in total. The van der Waals surface area contributed by atoms with Gasteiger partial charge in [0.1, 0.15) is 5.82 Å². The van der Waals surface area contributed by atoms with Gasteiger partial charge in [-0.15, -0.1) is 0 Å². The normalized spacial score (nSPS) is 13.9. The number of hydrogen-bond donors (Lipinski definition) is 1. The summed E-state index contributed by atoms with van der Waals surface area (Å²) in [7, 11) is 3.42. The summed E-state index contributed by atoms with van der Waals surface area (Å²) in [4.78, 5) is 16.2. The lowest BCUT2D eigenvalue weighted by molar-refractivity contribution is 0.0601. The van der Waals surface area contributed by atoms with Gasteiger partial charge in [0.15, 0.2) is 0 Å². The van der Waals surface area contributed by atoms with Crippen LogP contribution in [0.2, 0.25) is 0 Å². The fraction of sp³-hybridized carbons (Fsp3) is 0.333. The smallest absolute Gasteiger partial charge is 0.337 e. The fourth-order valence-electron chi connectivity index (χ4n) is 2.55. The van der Waals surface area contributed by atoms with E-state index < -0.39 is 0 Å². The fourth-order valence-corrected chi connectivity index (χ4v) is 2.55. The van der Waals surface area contributed by atoms with Gasteiger partial charge in [0.25, 0.3) is 0 Å². The molecular weight excluding hydrogens is 254 g/mol. The van der Waals surface area contributed by atoms with E-state index in [1.54, 1.807) is 12.1 Å². The average molecular weight is 271 g/mol. The van der Waals surface area contributed by atoms with Crippen molar-refractivity contribution in [1.82, 2.24) is 14.9 Å². The number of nitrogens with zero attached hydrogens (tertiary/aromatic N) is 2. The number of carbonyl (C=O) groups is 1. The molecule has 0 saturated heterocycles. The quantitative estimate of drug-likeness (QED) is 0.841. The summed E-state index contributed by atoms with van der Waals surface area (Å²) in [5, 5.41) is 3.36. The molecule has 0 radical (unpaired) electrons. The third kappa shape index (κ3) is 2.10. The third-order valence-corrected chi connectivity index (χ3v) is 3.69. The van der Waals surface area contributed by atoms with Crippen molar-refractivity contribution in [2.45, 2.75) is 13.0 Å². The molecule has 1 aromatic carbocycles. The molecule has 2 heterocycles. The Balaban J connectivity index is 1.97. The molecule has 0 spiro atoms. The Morgan fingerprint density at radius 3 is 2.75 bits per heavy atom. The van der Waals surface area contributed by atoms with Gasteiger partial charge in [-0.25, -0.2) is 9.78 Å². The monoisotopic (exact) mass is 271 g/mol. The van der Waals surface area contributed by atoms with Crippen molar-refractivity contribution < 1.29 is 9.53 Å². The van der Waals surface area contributed by atoms with Crippen LogP contribution in [0.5, 0.6) is 0 Å². The highest BCUT2D eigenvalue weighted by atomic mass is 16.5. The van der Waals surface area contributed by atoms with Gasteiger partial charge in [0, 0.05) is 32.1 Å². The summed E-state index contributed by atoms with van der Waals surface area (Å²) in [6.45, 7) is 1.84. The Morgan fingerprint density at radius 1 is 1.35 bits per heavy atom. The van der Waals surface area contributed by atoms with Crippen LogP contribution in [-0.2, 0) is 24.8 Å². The molecule has 0 fully saturated rings. The van der Waals surface area contributed by atoms with Gasteiger partial charge in [-0.05, 0) is 12.1 Å². The summed E-state index contributed by atoms with van der Waals surface area (Å²) >= 11 is 0. The predicted molar refractivity (Wildman–Crippen MR) is 75.4 cm³/mol. The molecule has 0 atom stereocenters. The minimum Gasteiger partial charge on any atom is -0.465 e. The molecule has 5 heteroatoms. The lowest BCUT2D eigenvalue weighted by atomic mass is 10.1. The minimum absolute atomic E-state index is 0.320. The number of hydrogen-bond acceptors (Lipinski definition) is 4. The Morgan fingerprint density at radius 2 is 2.10 bits per heavy atom. The van der Waals surface area contributed by atoms with E-state index in [2.05, 4.69) is 9.88 Å². The lowest BCUT2D eigenvalue weighted by Crippen LogP contribution is -2.24. The highest BCUT2D eigenvalue weighted by Crippen LogP contribution is 2.23. The first-order valence-electron chi connectivity index (χ1n) is 6.64. The molecule has 0 unspecified atom stereocenters. The largest absolute Gasteiger partial charge is 0.465 e. The van der Waals surface area contributed by atoms with Crippen LogP contribution >= 0.6 is 0 Å². The standard InChI is InChI=1S/C15H17N3O2/c1-18-13-9-16-8-7-12(13)17-14(18)10-3-5-11(6-4-10)15(19)20-2/h3-6,16H,7-9H2,1-2H3. The number of esters is 1. The maximum absolute atomic E-state index is 11.4. The van der Waals surface area contributed by atoms with E-state index in [1.807, 2.05) is 19.2 Å². The van der Waals surface area contributed by atoms with E-state index in [-0.39, 0.29) is 5.97 Å². The number of fused-ring (bicyclic) bond motifs is 1. The molecule has 2 aromatic rings. The number of aromatic nitrogens is 2. The number of benzene rings is 1. The zero-order valence-corrected chi connectivity index (χ0v) is 11.6. The lowest BCUT2D eigenvalue weighted by Gasteiger charge is -2.13. The predicted octanol–water partition coefficient (Wildman–Crippen LogP) is 1.52. The van der Waals surface area contributed by atoms with Gasteiger partial charge in [-0.1, -0.05) is 12.1 Å². The number of imidazole rings is 1. The van der Waals surface area contributed by atoms with Crippen LogP contribution in [0, 0.1) is 0 Å². The molecule has 0 aliphatic carbocycles. The number of carbonyl (C=O) groups excluding carboxylic acids is 1. The molecule has 0 bridgehead atoms. The molecule has 1 aromatic heterocycles. The van der Waals surface area contributed by atoms with Crippen LogP contribution in [0.4, 0.5) is 0 Å². The van der Waals surface area contributed by atoms with Crippen molar-refractivity contribution in [3.8, 4) is 11.4 Å². The van der Waals surface area contributed by atoms with Crippen molar-refractivity contribution in [3.05, 3.63) is 41.2 Å². The minimum atomic E-state index is -0.320. The van der Waals surface area contributed by atoms with Crippen LogP contribution in [-0.4, -0.2) is 29.2 Å². The van der Waals surface area contributed by atoms with Crippen LogP contribution < -0.4 is 5.32 Å². The molecule has 1 aliphatic rings. The number of nitrogens with one attached hydrogen (secondary N) is 1. The molecule has 0 amide bonds. The van der Waals surface area contributed by atoms with Crippen LogP contribution in [0.25, 0.3) is 11.4 Å². The first-order valence-corrected chi connectivity index (χ1v) is 6.64. The van der Waals surface area contributed by atoms with E-state index >= 15 is 0 Å². The zero-order chi connectivity index (χ0) is 14.1. The Bertz CT molecular complexity index is 644. The Labute approximate surface area is 117 Å². The first kappa shape index (κ1) is 12.9. The van der Waals surface area contributed by atoms with Gasteiger partial charge in [0.2, 0.25) is 0 Å². The number of rotatable bonds is 2. The van der Waals surface area contributed by atoms with Gasteiger partial charge in [-0.3, -0.25) is 0 Å². The van der Waals surface area contributed by atoms with Crippen LogP contribution in [0.1, 0.15) is 21.7 Å². The van der Waals surface area contributed by atoms with Crippen molar-refractivity contribution in [2.75, 3.05) is 13.7 Å². The topological polar surface area (TPSA) is 56.1 Å². The average Bonchev–Trinajstić information content (AvgIpc) is 2.84. The van der Waals surface area contributed by atoms with Crippen molar-refractivity contribution in [1.29, 1.82) is 0 Å². The second kappa shape index (κ2) is 5.09. The van der Waals surface area contributed by atoms with Crippen LogP contribution in [0.15, 0.2) is 24.3 Å². The number of ether oxygens (including phenoxy) is 1. The molecule has 0 saturated carbocycles. The molecule has 104 valence electrons. The third-order valence-electron chi connectivity index (χ3n) is 3.69. The van der Waals surface area contributed by atoms with Gasteiger partial charge < -0.3 is 14.6 Å². The van der Waals surface area contributed by atoms with E-state index in [0.717, 1.165) is 30.9 Å². The van der Waals surface area contributed by atoms with Gasteiger partial charge >= 0.3 is 5.97 Å². The zero-order valence-electron chi connectivity index (χ0n) is 11.6. The maximum atomic E-state index is 11.4. The second-order valence-electron chi connectivity index (χ2n) is 4.88. The molecule has 20 heavy (non-hydrogen) atoms. The van der Waals surface area contributed by atoms with Crippen LogP contribution in [0.3, 0.4) is 0 Å². The molecule has 1 N–H and O–H groups in total. The first-order chi connectivity index (χ1) is 9.70. The highest BCUT2D eigenvalue weighted by Gasteiger charge is 2.18. The molecule has 1 aliphatic heterocycles. The summed E-state index contributed by atoms with van der Waals surface area (Å²) in [5.41, 5.74) is 3.97. The van der Waals surface area contributed by atoms with Crippen molar-refractivity contribution in [3.63, 3.8) is 0 Å². The van der Waals surface area contributed by atoms with E-state index in [0.29, 0.717) is 5.56 Å². The molecular formula is C15H17N3O2. The summed E-state index contributed by atoms with van der Waals surface area (Å²) in [6.07, 6.45) is 0.962. The number of methoxy groups -OCH3 is 1. The highest BCUT2D eigenvalue weighted by molar-refractivity contribution is 5.89. The van der Waals surface area contributed by atoms with Crippen molar-refractivity contribution in [2.24, 2.45) is 7.05 Å². The van der Waals surface area contributed by atoms with Gasteiger partial charge in [-0.2, -0.15) is 0 Å². The summed E-state index contributed by atoms with van der Waals surface area (Å²) in [6, 6.07) is 7.36.